The van der Waals surface area contributed by atoms with E-state index in [-0.39, 0.29) is 10.6 Å². The van der Waals surface area contributed by atoms with Gasteiger partial charge in [-0.3, -0.25) is 10.1 Å². The first-order valence-electron chi connectivity index (χ1n) is 5.74. The maximum Gasteiger partial charge on any atom is 0.276 e. The molecule has 5 heteroatoms. The van der Waals surface area contributed by atoms with Crippen LogP contribution in [0.5, 0.6) is 5.75 Å². The van der Waals surface area contributed by atoms with Crippen LogP contribution in [0.2, 0.25) is 0 Å². The highest BCUT2D eigenvalue weighted by atomic mass is 16.6. The third kappa shape index (κ3) is 4.03. The molecule has 0 aliphatic rings. The van der Waals surface area contributed by atoms with Crippen molar-refractivity contribution in [1.29, 1.82) is 0 Å². The van der Waals surface area contributed by atoms with Crippen LogP contribution in [0, 0.1) is 17.0 Å². The highest BCUT2D eigenvalue weighted by molar-refractivity contribution is 5.48. The van der Waals surface area contributed by atoms with E-state index in [1.54, 1.807) is 19.1 Å². The molecule has 0 unspecified atom stereocenters. The number of nitro benzene ring substituents is 1. The summed E-state index contributed by atoms with van der Waals surface area (Å²) in [5.74, 6) is 0.593. The van der Waals surface area contributed by atoms with Gasteiger partial charge in [-0.1, -0.05) is 13.0 Å². The molecule has 0 spiro atoms. The first-order valence-corrected chi connectivity index (χ1v) is 5.74. The number of hydrogen-bond donors (Lipinski definition) is 1. The van der Waals surface area contributed by atoms with Crippen molar-refractivity contribution in [3.8, 4) is 5.75 Å². The first-order chi connectivity index (χ1) is 8.16. The van der Waals surface area contributed by atoms with Crippen molar-refractivity contribution in [1.82, 2.24) is 5.32 Å². The number of nitrogens with zero attached hydrogens (tertiary/aromatic N) is 1. The van der Waals surface area contributed by atoms with E-state index >= 15 is 0 Å². The molecule has 0 aliphatic heterocycles. The summed E-state index contributed by atoms with van der Waals surface area (Å²) in [6.07, 6.45) is 0.885. The van der Waals surface area contributed by atoms with Gasteiger partial charge in [-0.2, -0.15) is 0 Å². The number of rotatable bonds is 7. The minimum absolute atomic E-state index is 0.106. The fraction of sp³-hybridized carbons (Fsp3) is 0.500. The van der Waals surface area contributed by atoms with Crippen LogP contribution in [0.4, 0.5) is 5.69 Å². The van der Waals surface area contributed by atoms with Gasteiger partial charge >= 0.3 is 0 Å². The highest BCUT2D eigenvalue weighted by Gasteiger charge is 2.13. The van der Waals surface area contributed by atoms with E-state index in [9.17, 15) is 10.1 Å². The second-order valence-electron chi connectivity index (χ2n) is 3.71. The Labute approximate surface area is 101 Å². The topological polar surface area (TPSA) is 64.4 Å². The van der Waals surface area contributed by atoms with Gasteiger partial charge in [0.2, 0.25) is 0 Å². The van der Waals surface area contributed by atoms with Crippen LogP contribution in [0.1, 0.15) is 18.9 Å². The monoisotopic (exact) mass is 238 g/mol. The molecule has 0 atom stereocenters. The Morgan fingerprint density at radius 2 is 2.24 bits per heavy atom. The van der Waals surface area contributed by atoms with Crippen molar-refractivity contribution < 1.29 is 9.66 Å². The van der Waals surface area contributed by atoms with Gasteiger partial charge in [0.1, 0.15) is 5.75 Å². The predicted octanol–water partition coefficient (Wildman–Crippen LogP) is 2.28. The van der Waals surface area contributed by atoms with Crippen molar-refractivity contribution >= 4 is 5.69 Å². The average Bonchev–Trinajstić information content (AvgIpc) is 2.30. The minimum Gasteiger partial charge on any atom is -0.493 e. The predicted molar refractivity (Wildman–Crippen MR) is 66.5 cm³/mol. The SMILES string of the molecule is CCNCCCOc1cccc([N+](=O)[O-])c1C. The molecule has 1 rings (SSSR count). The van der Waals surface area contributed by atoms with Crippen molar-refractivity contribution in [3.05, 3.63) is 33.9 Å². The summed E-state index contributed by atoms with van der Waals surface area (Å²) in [5, 5.41) is 13.9. The molecule has 1 aromatic rings. The van der Waals surface area contributed by atoms with E-state index in [4.69, 9.17) is 4.74 Å². The van der Waals surface area contributed by atoms with Crippen LogP contribution >= 0.6 is 0 Å². The molecular weight excluding hydrogens is 220 g/mol. The molecular formula is C12H18N2O3. The van der Waals surface area contributed by atoms with Crippen LogP contribution in [0.15, 0.2) is 18.2 Å². The third-order valence-corrected chi connectivity index (χ3v) is 2.46. The van der Waals surface area contributed by atoms with E-state index in [0.29, 0.717) is 17.9 Å². The maximum absolute atomic E-state index is 10.7. The van der Waals surface area contributed by atoms with Crippen LogP contribution in [-0.2, 0) is 0 Å². The van der Waals surface area contributed by atoms with Crippen molar-refractivity contribution in [2.24, 2.45) is 0 Å². The Morgan fingerprint density at radius 1 is 1.47 bits per heavy atom. The van der Waals surface area contributed by atoms with Crippen molar-refractivity contribution in [3.63, 3.8) is 0 Å². The zero-order chi connectivity index (χ0) is 12.7. The van der Waals surface area contributed by atoms with Gasteiger partial charge in [0.15, 0.2) is 0 Å². The summed E-state index contributed by atoms with van der Waals surface area (Å²) in [6, 6.07) is 4.89. The molecule has 1 N–H and O–H groups in total. The van der Waals surface area contributed by atoms with Crippen LogP contribution in [0.3, 0.4) is 0 Å². The minimum atomic E-state index is -0.388. The van der Waals surface area contributed by atoms with Gasteiger partial charge < -0.3 is 10.1 Å². The number of nitrogens with one attached hydrogen (secondary N) is 1. The van der Waals surface area contributed by atoms with E-state index in [1.165, 1.54) is 6.07 Å². The Morgan fingerprint density at radius 3 is 2.88 bits per heavy atom. The lowest BCUT2D eigenvalue weighted by Crippen LogP contribution is -2.16. The molecule has 0 heterocycles. The zero-order valence-electron chi connectivity index (χ0n) is 10.2. The standard InChI is InChI=1S/C12H18N2O3/c1-3-13-8-5-9-17-12-7-4-6-11(10(12)2)14(15)16/h4,6-7,13H,3,5,8-9H2,1-2H3. The smallest absolute Gasteiger partial charge is 0.276 e. The largest absolute Gasteiger partial charge is 0.493 e. The van der Waals surface area contributed by atoms with Gasteiger partial charge in [0.25, 0.3) is 5.69 Å². The number of hydrogen-bond acceptors (Lipinski definition) is 4. The Hall–Kier alpha value is -1.62. The zero-order valence-corrected chi connectivity index (χ0v) is 10.2. The van der Waals surface area contributed by atoms with E-state index < -0.39 is 0 Å². The van der Waals surface area contributed by atoms with Gasteiger partial charge in [0.05, 0.1) is 17.1 Å². The lowest BCUT2D eigenvalue weighted by atomic mass is 10.2. The molecule has 1 aromatic carbocycles. The van der Waals surface area contributed by atoms with Crippen molar-refractivity contribution in [2.45, 2.75) is 20.3 Å². The lowest BCUT2D eigenvalue weighted by Gasteiger charge is -2.09. The molecule has 0 radical (unpaired) electrons. The second kappa shape index (κ2) is 6.85. The molecule has 0 bridgehead atoms. The Bertz CT molecular complexity index is 380. The van der Waals surface area contributed by atoms with Crippen molar-refractivity contribution in [2.75, 3.05) is 19.7 Å². The fourth-order valence-electron chi connectivity index (χ4n) is 1.51. The van der Waals surface area contributed by atoms with Crippen LogP contribution in [-0.4, -0.2) is 24.6 Å². The van der Waals surface area contributed by atoms with E-state index in [2.05, 4.69) is 5.32 Å². The summed E-state index contributed by atoms with van der Waals surface area (Å²) in [6.45, 7) is 6.15. The quantitative estimate of drug-likeness (QED) is 0.449. The summed E-state index contributed by atoms with van der Waals surface area (Å²) >= 11 is 0. The normalized spacial score (nSPS) is 10.2. The summed E-state index contributed by atoms with van der Waals surface area (Å²) in [4.78, 5) is 10.3. The molecule has 94 valence electrons. The van der Waals surface area contributed by atoms with Crippen LogP contribution < -0.4 is 10.1 Å². The maximum atomic E-state index is 10.7. The third-order valence-electron chi connectivity index (χ3n) is 2.46. The summed E-state index contributed by atoms with van der Waals surface area (Å²) < 4.78 is 5.53. The van der Waals surface area contributed by atoms with E-state index in [0.717, 1.165) is 19.5 Å². The summed E-state index contributed by atoms with van der Waals surface area (Å²) in [7, 11) is 0. The van der Waals surface area contributed by atoms with Gasteiger partial charge in [0, 0.05) is 6.07 Å². The molecule has 0 fully saturated rings. The number of nitro groups is 1. The lowest BCUT2D eigenvalue weighted by molar-refractivity contribution is -0.385. The molecule has 0 aliphatic carbocycles. The average molecular weight is 238 g/mol. The number of ether oxygens (including phenoxy) is 1. The van der Waals surface area contributed by atoms with Gasteiger partial charge in [-0.05, 0) is 32.5 Å². The van der Waals surface area contributed by atoms with Gasteiger partial charge in [-0.15, -0.1) is 0 Å². The molecule has 0 saturated carbocycles. The molecule has 0 aromatic heterocycles. The van der Waals surface area contributed by atoms with Crippen LogP contribution in [0.25, 0.3) is 0 Å². The first kappa shape index (κ1) is 13.4. The Kier molecular flexibility index (Phi) is 5.42. The fourth-order valence-corrected chi connectivity index (χ4v) is 1.51. The highest BCUT2D eigenvalue weighted by Crippen LogP contribution is 2.26. The molecule has 0 saturated heterocycles. The van der Waals surface area contributed by atoms with E-state index in [1.807, 2.05) is 6.92 Å². The Balaban J connectivity index is 2.54. The molecule has 0 amide bonds. The van der Waals surface area contributed by atoms with Gasteiger partial charge in [-0.25, -0.2) is 0 Å². The summed E-state index contributed by atoms with van der Waals surface area (Å²) in [5.41, 5.74) is 0.690. The number of benzene rings is 1. The second-order valence-corrected chi connectivity index (χ2v) is 3.71. The molecule has 17 heavy (non-hydrogen) atoms. The molecule has 5 nitrogen and oxygen atoms in total.